The van der Waals surface area contributed by atoms with Crippen LogP contribution in [0.1, 0.15) is 35.8 Å². The first-order valence-electron chi connectivity index (χ1n) is 7.59. The first-order chi connectivity index (χ1) is 11.1. The number of nitrogens with one attached hydrogen (secondary N) is 1. The number of alkyl halides is 2. The highest BCUT2D eigenvalue weighted by Crippen LogP contribution is 2.24. The third-order valence-electron chi connectivity index (χ3n) is 3.10. The van der Waals surface area contributed by atoms with Crippen molar-refractivity contribution in [3.8, 4) is 0 Å². The lowest BCUT2D eigenvalue weighted by Gasteiger charge is -2.21. The molecule has 0 bridgehead atoms. The zero-order valence-corrected chi connectivity index (χ0v) is 16.2. The van der Waals surface area contributed by atoms with E-state index in [1.165, 1.54) is 0 Å². The van der Waals surface area contributed by atoms with E-state index in [9.17, 15) is 19.1 Å². The van der Waals surface area contributed by atoms with Gasteiger partial charge in [-0.1, -0.05) is 46.9 Å². The number of ether oxygens (including phenoxy) is 1. The number of carboxylic acid groups (broad SMARTS) is 1. The average Bonchev–Trinajstić information content (AvgIpc) is 2.48. The quantitative estimate of drug-likeness (QED) is 0.361. The number of carbonyl (C=O) groups is 2. The fraction of sp³-hybridized carbons (Fsp3) is 0.529. The molecule has 1 rings (SSSR count). The van der Waals surface area contributed by atoms with Gasteiger partial charge in [-0.25, -0.2) is 4.39 Å². The molecular formula is C17H23FINO4. The zero-order chi connectivity index (χ0) is 18.3. The predicted octanol–water partition coefficient (Wildman–Crippen LogP) is 3.06. The van der Waals surface area contributed by atoms with Crippen LogP contribution in [0.4, 0.5) is 4.39 Å². The summed E-state index contributed by atoms with van der Waals surface area (Å²) in [4.78, 5) is 23.1. The summed E-state index contributed by atoms with van der Waals surface area (Å²) in [7, 11) is 0. The topological polar surface area (TPSA) is 75.6 Å². The Balaban J connectivity index is 2.70. The molecule has 7 heteroatoms. The van der Waals surface area contributed by atoms with Crippen LogP contribution in [-0.4, -0.2) is 41.9 Å². The van der Waals surface area contributed by atoms with E-state index >= 15 is 0 Å². The fourth-order valence-corrected chi connectivity index (χ4v) is 2.46. The second-order valence-corrected chi connectivity index (χ2v) is 7.93. The van der Waals surface area contributed by atoms with E-state index < -0.39 is 30.3 Å². The van der Waals surface area contributed by atoms with Gasteiger partial charge in [-0.05, 0) is 38.3 Å². The molecule has 5 nitrogen and oxygen atoms in total. The van der Waals surface area contributed by atoms with E-state index in [-0.39, 0.29) is 16.9 Å². The maximum atomic E-state index is 12.8. The highest BCUT2D eigenvalue weighted by molar-refractivity contribution is 14.1. The molecule has 0 radical (unpaired) electrons. The third-order valence-corrected chi connectivity index (χ3v) is 4.15. The highest BCUT2D eigenvalue weighted by atomic mass is 127. The van der Waals surface area contributed by atoms with Gasteiger partial charge in [-0.3, -0.25) is 14.9 Å². The van der Waals surface area contributed by atoms with Gasteiger partial charge in [-0.2, -0.15) is 0 Å². The Hall–Kier alpha value is -1.22. The van der Waals surface area contributed by atoms with Crippen LogP contribution in [-0.2, 0) is 20.7 Å². The Kier molecular flexibility index (Phi) is 8.08. The molecule has 0 aliphatic carbocycles. The molecule has 2 atom stereocenters. The summed E-state index contributed by atoms with van der Waals surface area (Å²) in [5.41, 5.74) is 0.964. The molecule has 2 N–H and O–H groups in total. The lowest BCUT2D eigenvalue weighted by atomic mass is 10.0. The number of carbonyl (C=O) groups excluding carboxylic acids is 1. The Bertz CT molecular complexity index is 574. The van der Waals surface area contributed by atoms with E-state index in [1.807, 2.05) is 28.7 Å². The third kappa shape index (κ3) is 7.57. The Morgan fingerprint density at radius 1 is 1.38 bits per heavy atom. The van der Waals surface area contributed by atoms with Crippen molar-refractivity contribution in [2.75, 3.05) is 13.2 Å². The first-order valence-corrected chi connectivity index (χ1v) is 8.84. The SMILES string of the molecule is CC(C)(C)OC(=O)CN[C@@H](Cc1cccc([C@H](I)CF)c1)C(=O)O. The van der Waals surface area contributed by atoms with Crippen molar-refractivity contribution in [1.82, 2.24) is 5.32 Å². The lowest BCUT2D eigenvalue weighted by molar-refractivity contribution is -0.154. The van der Waals surface area contributed by atoms with E-state index in [2.05, 4.69) is 5.32 Å². The maximum absolute atomic E-state index is 12.8. The van der Waals surface area contributed by atoms with Crippen LogP contribution in [0.3, 0.4) is 0 Å². The van der Waals surface area contributed by atoms with Crippen molar-refractivity contribution in [2.45, 2.75) is 42.8 Å². The smallest absolute Gasteiger partial charge is 0.321 e. The standard InChI is InChI=1S/C17H23FINO4/c1-17(2,3)24-15(21)10-20-14(16(22)23)8-11-5-4-6-12(7-11)13(19)9-18/h4-7,13-14,20H,8-10H2,1-3H3,(H,22,23)/t13-,14+/m1/s1. The molecule has 24 heavy (non-hydrogen) atoms. The summed E-state index contributed by atoms with van der Waals surface area (Å²) in [5.74, 6) is -1.56. The van der Waals surface area contributed by atoms with Gasteiger partial charge in [-0.15, -0.1) is 0 Å². The number of hydrogen-bond donors (Lipinski definition) is 2. The summed E-state index contributed by atoms with van der Waals surface area (Å²) < 4.78 is 17.7. The van der Waals surface area contributed by atoms with Crippen LogP contribution in [0.15, 0.2) is 24.3 Å². The Labute approximate surface area is 155 Å². The summed E-state index contributed by atoms with van der Waals surface area (Å²) in [6.07, 6.45) is 0.196. The number of hydrogen-bond acceptors (Lipinski definition) is 4. The van der Waals surface area contributed by atoms with Gasteiger partial charge in [0.05, 0.1) is 10.5 Å². The largest absolute Gasteiger partial charge is 0.480 e. The van der Waals surface area contributed by atoms with Crippen molar-refractivity contribution in [3.05, 3.63) is 35.4 Å². The van der Waals surface area contributed by atoms with Gasteiger partial charge in [0.2, 0.25) is 0 Å². The monoisotopic (exact) mass is 451 g/mol. The number of benzene rings is 1. The summed E-state index contributed by atoms with van der Waals surface area (Å²) in [6, 6.07) is 6.24. The minimum absolute atomic E-state index is 0.187. The van der Waals surface area contributed by atoms with Gasteiger partial charge in [0.1, 0.15) is 18.3 Å². The van der Waals surface area contributed by atoms with Crippen molar-refractivity contribution in [3.63, 3.8) is 0 Å². The highest BCUT2D eigenvalue weighted by Gasteiger charge is 2.22. The first kappa shape index (κ1) is 20.8. The molecule has 1 aromatic carbocycles. The molecule has 0 aliphatic rings. The van der Waals surface area contributed by atoms with Crippen LogP contribution >= 0.6 is 22.6 Å². The molecule has 134 valence electrons. The molecule has 0 spiro atoms. The number of halogens is 2. The average molecular weight is 451 g/mol. The van der Waals surface area contributed by atoms with E-state index in [0.717, 1.165) is 11.1 Å². The Morgan fingerprint density at radius 3 is 2.58 bits per heavy atom. The van der Waals surface area contributed by atoms with Crippen molar-refractivity contribution < 1.29 is 23.8 Å². The maximum Gasteiger partial charge on any atom is 0.321 e. The molecule has 0 heterocycles. The summed E-state index contributed by atoms with van der Waals surface area (Å²) in [6.45, 7) is 4.57. The van der Waals surface area contributed by atoms with Gasteiger partial charge in [0.25, 0.3) is 0 Å². The minimum atomic E-state index is -1.06. The Morgan fingerprint density at radius 2 is 2.04 bits per heavy atom. The van der Waals surface area contributed by atoms with Crippen LogP contribution in [0.5, 0.6) is 0 Å². The molecular weight excluding hydrogens is 428 g/mol. The van der Waals surface area contributed by atoms with Gasteiger partial charge >= 0.3 is 11.9 Å². The number of esters is 1. The zero-order valence-electron chi connectivity index (χ0n) is 14.0. The van der Waals surface area contributed by atoms with Crippen molar-refractivity contribution >= 4 is 34.5 Å². The number of carboxylic acids is 1. The number of aliphatic carboxylic acids is 1. The van der Waals surface area contributed by atoms with E-state index in [1.54, 1.807) is 39.0 Å². The van der Waals surface area contributed by atoms with Crippen LogP contribution in [0, 0.1) is 0 Å². The molecule has 0 aliphatic heterocycles. The van der Waals surface area contributed by atoms with Gasteiger partial charge < -0.3 is 9.84 Å². The minimum Gasteiger partial charge on any atom is -0.480 e. The van der Waals surface area contributed by atoms with Crippen LogP contribution < -0.4 is 5.32 Å². The molecule has 1 aromatic rings. The summed E-state index contributed by atoms with van der Waals surface area (Å²) >= 11 is 2.00. The molecule has 0 saturated carbocycles. The van der Waals surface area contributed by atoms with E-state index in [4.69, 9.17) is 4.74 Å². The predicted molar refractivity (Wildman–Crippen MR) is 98.2 cm³/mol. The van der Waals surface area contributed by atoms with Crippen LogP contribution in [0.2, 0.25) is 0 Å². The second-order valence-electron chi connectivity index (χ2n) is 6.43. The van der Waals surface area contributed by atoms with Crippen molar-refractivity contribution in [2.24, 2.45) is 0 Å². The molecule has 0 unspecified atom stereocenters. The molecule has 0 amide bonds. The van der Waals surface area contributed by atoms with E-state index in [0.29, 0.717) is 0 Å². The van der Waals surface area contributed by atoms with Crippen LogP contribution in [0.25, 0.3) is 0 Å². The molecule has 0 saturated heterocycles. The normalized spacial score (nSPS) is 14.0. The molecule has 0 fully saturated rings. The van der Waals surface area contributed by atoms with Gasteiger partial charge in [0, 0.05) is 0 Å². The second kappa shape index (κ2) is 9.31. The number of rotatable bonds is 8. The lowest BCUT2D eigenvalue weighted by Crippen LogP contribution is -2.42. The fourth-order valence-electron chi connectivity index (χ4n) is 2.07. The van der Waals surface area contributed by atoms with Crippen molar-refractivity contribution in [1.29, 1.82) is 0 Å². The van der Waals surface area contributed by atoms with Gasteiger partial charge in [0.15, 0.2) is 0 Å². The summed E-state index contributed by atoms with van der Waals surface area (Å²) in [5, 5.41) is 12.0. The molecule has 0 aromatic heterocycles.